The third kappa shape index (κ3) is 4.64. The summed E-state index contributed by atoms with van der Waals surface area (Å²) in [5.41, 5.74) is 1.93. The number of hydrogen-bond acceptors (Lipinski definition) is 3. The Morgan fingerprint density at radius 3 is 2.12 bits per heavy atom. The van der Waals surface area contributed by atoms with Crippen LogP contribution in [0.25, 0.3) is 17.7 Å². The second-order valence-corrected chi connectivity index (χ2v) is 4.89. The fourth-order valence-corrected chi connectivity index (χ4v) is 2.00. The highest BCUT2D eigenvalue weighted by atomic mass is 19.1. The number of halogens is 1. The first-order valence-corrected chi connectivity index (χ1v) is 7.06. The lowest BCUT2D eigenvalue weighted by atomic mass is 10.0. The van der Waals surface area contributed by atoms with E-state index in [1.165, 1.54) is 43.5 Å². The van der Waals surface area contributed by atoms with Crippen LogP contribution in [-0.4, -0.2) is 24.2 Å². The van der Waals surface area contributed by atoms with Crippen molar-refractivity contribution < 1.29 is 23.8 Å². The van der Waals surface area contributed by atoms with Crippen molar-refractivity contribution in [1.29, 1.82) is 0 Å². The van der Waals surface area contributed by atoms with Gasteiger partial charge >= 0.3 is 11.9 Å². The van der Waals surface area contributed by atoms with E-state index in [4.69, 9.17) is 0 Å². The molecule has 0 fully saturated rings. The van der Waals surface area contributed by atoms with Gasteiger partial charge in [0.1, 0.15) is 5.82 Å². The fourth-order valence-electron chi connectivity index (χ4n) is 2.00. The van der Waals surface area contributed by atoms with Gasteiger partial charge < -0.3 is 9.84 Å². The van der Waals surface area contributed by atoms with Crippen LogP contribution in [0.2, 0.25) is 0 Å². The standard InChI is InChI=1S/C19H15FO4/c1-24-18(21)11-6-13-2-4-14(5-3-13)12-17(19(22)23)15-7-9-16(20)10-8-15/h2-12H,1H3,(H,22,23)/b11-6+,17-12?. The average Bonchev–Trinajstić information content (AvgIpc) is 2.59. The van der Waals surface area contributed by atoms with Gasteiger partial charge in [0, 0.05) is 6.08 Å². The Morgan fingerprint density at radius 1 is 1.00 bits per heavy atom. The molecule has 5 heteroatoms. The highest BCUT2D eigenvalue weighted by molar-refractivity contribution is 6.20. The lowest BCUT2D eigenvalue weighted by molar-refractivity contribution is -0.134. The Labute approximate surface area is 138 Å². The van der Waals surface area contributed by atoms with E-state index >= 15 is 0 Å². The Kier molecular flexibility index (Phi) is 5.63. The number of carbonyl (C=O) groups excluding carboxylic acids is 1. The molecule has 2 aromatic rings. The molecule has 2 rings (SSSR count). The van der Waals surface area contributed by atoms with Gasteiger partial charge in [0.05, 0.1) is 12.7 Å². The first-order valence-electron chi connectivity index (χ1n) is 7.06. The number of carbonyl (C=O) groups is 2. The number of carboxylic acids is 1. The molecule has 0 aliphatic rings. The first kappa shape index (κ1) is 17.1. The zero-order valence-corrected chi connectivity index (χ0v) is 12.9. The number of aliphatic carboxylic acids is 1. The zero-order chi connectivity index (χ0) is 17.5. The number of hydrogen-bond donors (Lipinski definition) is 1. The van der Waals surface area contributed by atoms with E-state index in [9.17, 15) is 19.1 Å². The molecule has 0 heterocycles. The van der Waals surface area contributed by atoms with Gasteiger partial charge in [-0.25, -0.2) is 14.0 Å². The average molecular weight is 326 g/mol. The van der Waals surface area contributed by atoms with E-state index in [1.54, 1.807) is 30.3 Å². The lowest BCUT2D eigenvalue weighted by Crippen LogP contribution is -1.99. The van der Waals surface area contributed by atoms with Crippen LogP contribution in [0.4, 0.5) is 4.39 Å². The van der Waals surface area contributed by atoms with Crippen molar-refractivity contribution in [1.82, 2.24) is 0 Å². The topological polar surface area (TPSA) is 63.6 Å². The Hall–Kier alpha value is -3.21. The summed E-state index contributed by atoms with van der Waals surface area (Å²) >= 11 is 0. The number of ether oxygens (including phenoxy) is 1. The Morgan fingerprint density at radius 2 is 1.58 bits per heavy atom. The minimum atomic E-state index is -1.10. The van der Waals surface area contributed by atoms with Crippen LogP contribution in [0.5, 0.6) is 0 Å². The molecule has 0 saturated carbocycles. The van der Waals surface area contributed by atoms with Crippen LogP contribution in [0.3, 0.4) is 0 Å². The van der Waals surface area contributed by atoms with Crippen LogP contribution in [0.15, 0.2) is 54.6 Å². The molecule has 0 radical (unpaired) electrons. The normalized spacial score (nSPS) is 11.5. The molecule has 2 aromatic carbocycles. The van der Waals surface area contributed by atoms with Gasteiger partial charge in [-0.2, -0.15) is 0 Å². The molecule has 0 aliphatic carbocycles. The first-order chi connectivity index (χ1) is 11.5. The van der Waals surface area contributed by atoms with Crippen molar-refractivity contribution >= 4 is 29.7 Å². The van der Waals surface area contributed by atoms with Crippen molar-refractivity contribution in [2.24, 2.45) is 0 Å². The molecule has 0 spiro atoms. The van der Waals surface area contributed by atoms with Crippen molar-refractivity contribution in [2.45, 2.75) is 0 Å². The summed E-state index contributed by atoms with van der Waals surface area (Å²) in [5.74, 6) is -1.98. The summed E-state index contributed by atoms with van der Waals surface area (Å²) in [5, 5.41) is 9.36. The SMILES string of the molecule is COC(=O)/C=C/c1ccc(C=C(C(=O)O)c2ccc(F)cc2)cc1. The minimum absolute atomic E-state index is 0.0628. The van der Waals surface area contributed by atoms with Gasteiger partial charge in [-0.15, -0.1) is 0 Å². The number of esters is 1. The quantitative estimate of drug-likeness (QED) is 0.518. The van der Waals surface area contributed by atoms with Gasteiger partial charge in [0.2, 0.25) is 0 Å². The smallest absolute Gasteiger partial charge is 0.336 e. The second kappa shape index (κ2) is 7.87. The molecule has 0 unspecified atom stereocenters. The summed E-state index contributed by atoms with van der Waals surface area (Å²) in [6.45, 7) is 0. The van der Waals surface area contributed by atoms with Crippen LogP contribution < -0.4 is 0 Å². The van der Waals surface area contributed by atoms with Crippen molar-refractivity contribution in [3.63, 3.8) is 0 Å². The van der Waals surface area contributed by atoms with Crippen molar-refractivity contribution in [3.05, 3.63) is 77.1 Å². The molecule has 0 aliphatic heterocycles. The Bertz CT molecular complexity index is 787. The van der Waals surface area contributed by atoms with Crippen LogP contribution in [0, 0.1) is 5.82 Å². The van der Waals surface area contributed by atoms with Crippen LogP contribution in [-0.2, 0) is 14.3 Å². The van der Waals surface area contributed by atoms with Gasteiger partial charge in [0.15, 0.2) is 0 Å². The number of methoxy groups -OCH3 is 1. The summed E-state index contributed by atoms with van der Waals surface area (Å²) in [6.07, 6.45) is 4.40. The van der Waals surface area contributed by atoms with E-state index in [-0.39, 0.29) is 5.57 Å². The van der Waals surface area contributed by atoms with E-state index in [0.717, 1.165) is 5.56 Å². The zero-order valence-electron chi connectivity index (χ0n) is 12.9. The maximum atomic E-state index is 13.0. The van der Waals surface area contributed by atoms with Gasteiger partial charge in [-0.3, -0.25) is 0 Å². The molecule has 0 aromatic heterocycles. The van der Waals surface area contributed by atoms with Gasteiger partial charge in [0.25, 0.3) is 0 Å². The molecule has 1 N–H and O–H groups in total. The predicted octanol–water partition coefficient (Wildman–Crippen LogP) is 3.64. The van der Waals surface area contributed by atoms with Crippen molar-refractivity contribution in [3.8, 4) is 0 Å². The van der Waals surface area contributed by atoms with Gasteiger partial charge in [-0.05, 0) is 41.0 Å². The molecule has 24 heavy (non-hydrogen) atoms. The summed E-state index contributed by atoms with van der Waals surface area (Å²) in [4.78, 5) is 22.5. The molecule has 122 valence electrons. The highest BCUT2D eigenvalue weighted by Crippen LogP contribution is 2.19. The number of benzene rings is 2. The summed E-state index contributed by atoms with van der Waals surface area (Å²) in [6, 6.07) is 12.2. The molecule has 0 saturated heterocycles. The third-order valence-electron chi connectivity index (χ3n) is 3.25. The van der Waals surface area contributed by atoms with E-state index in [0.29, 0.717) is 11.1 Å². The molecule has 0 atom stereocenters. The largest absolute Gasteiger partial charge is 0.478 e. The monoisotopic (exact) mass is 326 g/mol. The van der Waals surface area contributed by atoms with E-state index in [2.05, 4.69) is 4.74 Å². The molecule has 0 bridgehead atoms. The van der Waals surface area contributed by atoms with E-state index < -0.39 is 17.8 Å². The molecule has 4 nitrogen and oxygen atoms in total. The Balaban J connectivity index is 2.27. The third-order valence-corrected chi connectivity index (χ3v) is 3.25. The molecular weight excluding hydrogens is 311 g/mol. The second-order valence-electron chi connectivity index (χ2n) is 4.89. The lowest BCUT2D eigenvalue weighted by Gasteiger charge is -2.04. The highest BCUT2D eigenvalue weighted by Gasteiger charge is 2.10. The fraction of sp³-hybridized carbons (Fsp3) is 0.0526. The summed E-state index contributed by atoms with van der Waals surface area (Å²) in [7, 11) is 1.30. The van der Waals surface area contributed by atoms with Crippen LogP contribution in [0.1, 0.15) is 16.7 Å². The maximum absolute atomic E-state index is 13.0. The summed E-state index contributed by atoms with van der Waals surface area (Å²) < 4.78 is 17.5. The molecule has 0 amide bonds. The minimum Gasteiger partial charge on any atom is -0.478 e. The maximum Gasteiger partial charge on any atom is 0.336 e. The van der Waals surface area contributed by atoms with Crippen molar-refractivity contribution in [2.75, 3.05) is 7.11 Å². The number of rotatable bonds is 5. The number of carboxylic acid groups (broad SMARTS) is 1. The van der Waals surface area contributed by atoms with Crippen LogP contribution >= 0.6 is 0 Å². The van der Waals surface area contributed by atoms with E-state index in [1.807, 2.05) is 0 Å². The predicted molar refractivity (Wildman–Crippen MR) is 89.4 cm³/mol. The van der Waals surface area contributed by atoms with Gasteiger partial charge in [-0.1, -0.05) is 36.4 Å². The molecular formula is C19H15FO4.